The highest BCUT2D eigenvalue weighted by Gasteiger charge is 2.19. The lowest BCUT2D eigenvalue weighted by Crippen LogP contribution is -2.11. The summed E-state index contributed by atoms with van der Waals surface area (Å²) in [4.78, 5) is 23.5. The van der Waals surface area contributed by atoms with Gasteiger partial charge < -0.3 is 4.74 Å². The zero-order valence-corrected chi connectivity index (χ0v) is 18.0. The maximum absolute atomic E-state index is 12.9. The highest BCUT2D eigenvalue weighted by atomic mass is 32.1. The molecule has 0 fully saturated rings. The predicted octanol–water partition coefficient (Wildman–Crippen LogP) is 5.63. The Bertz CT molecular complexity index is 1370. The van der Waals surface area contributed by atoms with Gasteiger partial charge in [0.1, 0.15) is 10.6 Å². The molecule has 0 aliphatic carbocycles. The molecule has 0 aliphatic heterocycles. The van der Waals surface area contributed by atoms with Gasteiger partial charge in [-0.1, -0.05) is 53.0 Å². The van der Waals surface area contributed by atoms with Crippen LogP contribution in [0.15, 0.2) is 54.7 Å². The molecule has 8 heteroatoms. The number of hydrogen-bond acceptors (Lipinski definition) is 6. The van der Waals surface area contributed by atoms with Crippen LogP contribution in [0.25, 0.3) is 26.4 Å². The quantitative estimate of drug-likeness (QED) is 0.389. The smallest absolute Gasteiger partial charge is 0.269 e. The zero-order valence-electron chi connectivity index (χ0n) is 16.4. The molecule has 0 spiro atoms. The minimum Gasteiger partial charge on any atom is -0.494 e. The van der Waals surface area contributed by atoms with E-state index in [2.05, 4.69) is 10.3 Å². The fraction of sp³-hybridized carbons (Fsp3) is 0.136. The average molecular weight is 435 g/mol. The van der Waals surface area contributed by atoms with Crippen molar-refractivity contribution in [3.8, 4) is 17.0 Å². The van der Waals surface area contributed by atoms with Crippen LogP contribution in [-0.2, 0) is 0 Å². The van der Waals surface area contributed by atoms with Crippen LogP contribution in [0, 0.1) is 6.92 Å². The van der Waals surface area contributed by atoms with E-state index in [1.807, 2.05) is 73.0 Å². The number of nitrogens with zero attached hydrogens (tertiary/aromatic N) is 3. The number of ether oxygens (including phenoxy) is 1. The number of aromatic nitrogens is 3. The minimum absolute atomic E-state index is 0.173. The highest BCUT2D eigenvalue weighted by molar-refractivity contribution is 7.22. The van der Waals surface area contributed by atoms with E-state index in [0.717, 1.165) is 37.9 Å². The Labute approximate surface area is 180 Å². The van der Waals surface area contributed by atoms with Crippen LogP contribution in [0.5, 0.6) is 5.75 Å². The number of nitrogens with one attached hydrogen (secondary N) is 1. The first kappa shape index (κ1) is 18.8. The molecule has 0 saturated heterocycles. The van der Waals surface area contributed by atoms with Crippen molar-refractivity contribution < 1.29 is 9.53 Å². The molecule has 1 N–H and O–H groups in total. The van der Waals surface area contributed by atoms with Gasteiger partial charge in [-0.3, -0.25) is 14.5 Å². The summed E-state index contributed by atoms with van der Waals surface area (Å²) in [7, 11) is 0. The van der Waals surface area contributed by atoms with Crippen LogP contribution < -0.4 is 10.1 Å². The molecule has 5 rings (SSSR count). The summed E-state index contributed by atoms with van der Waals surface area (Å²) in [6.45, 7) is 4.49. The maximum Gasteiger partial charge on any atom is 0.269 e. The number of amides is 1. The van der Waals surface area contributed by atoms with Gasteiger partial charge in [0.15, 0.2) is 10.1 Å². The average Bonchev–Trinajstić information content (AvgIpc) is 3.42. The minimum atomic E-state index is -0.173. The van der Waals surface area contributed by atoms with E-state index in [0.29, 0.717) is 16.6 Å². The standard InChI is InChI=1S/C22H18N4O2S2/c1-3-28-15-9-10-16-18(11-15)29-21(23-16)25-20(27)19-13(2)26-12-17(24-22(26)30-19)14-7-5-4-6-8-14/h4-12H,3H2,1-2H3,(H,23,25,27). The van der Waals surface area contributed by atoms with Crippen molar-refractivity contribution >= 4 is 48.9 Å². The van der Waals surface area contributed by atoms with E-state index >= 15 is 0 Å². The van der Waals surface area contributed by atoms with Gasteiger partial charge in [-0.25, -0.2) is 9.97 Å². The van der Waals surface area contributed by atoms with Crippen LogP contribution in [0.2, 0.25) is 0 Å². The van der Waals surface area contributed by atoms with Crippen molar-refractivity contribution in [2.45, 2.75) is 13.8 Å². The van der Waals surface area contributed by atoms with Gasteiger partial charge in [-0.05, 0) is 32.0 Å². The summed E-state index contributed by atoms with van der Waals surface area (Å²) < 4.78 is 8.48. The van der Waals surface area contributed by atoms with Gasteiger partial charge in [0.25, 0.3) is 5.91 Å². The number of imidazole rings is 1. The topological polar surface area (TPSA) is 68.5 Å². The molecule has 0 radical (unpaired) electrons. The number of rotatable bonds is 5. The summed E-state index contributed by atoms with van der Waals surface area (Å²) in [6.07, 6.45) is 1.97. The number of fused-ring (bicyclic) bond motifs is 2. The fourth-order valence-electron chi connectivity index (χ4n) is 3.28. The van der Waals surface area contributed by atoms with Gasteiger partial charge in [0, 0.05) is 17.5 Å². The second kappa shape index (κ2) is 7.55. The molecule has 1 amide bonds. The fourth-order valence-corrected chi connectivity index (χ4v) is 5.17. The molecule has 6 nitrogen and oxygen atoms in total. The molecule has 3 heterocycles. The molecular formula is C22H18N4O2S2. The third kappa shape index (κ3) is 3.34. The zero-order chi connectivity index (χ0) is 20.7. The number of carbonyl (C=O) groups excluding carboxylic acids is 1. The van der Waals surface area contributed by atoms with E-state index in [-0.39, 0.29) is 5.91 Å². The predicted molar refractivity (Wildman–Crippen MR) is 122 cm³/mol. The summed E-state index contributed by atoms with van der Waals surface area (Å²) >= 11 is 2.81. The number of benzene rings is 2. The molecule has 3 aromatic heterocycles. The molecule has 150 valence electrons. The van der Waals surface area contributed by atoms with E-state index in [4.69, 9.17) is 9.72 Å². The third-order valence-corrected chi connectivity index (χ3v) is 6.81. The largest absolute Gasteiger partial charge is 0.494 e. The van der Waals surface area contributed by atoms with E-state index in [1.165, 1.54) is 22.7 Å². The number of hydrogen-bond donors (Lipinski definition) is 1. The van der Waals surface area contributed by atoms with E-state index in [9.17, 15) is 4.79 Å². The van der Waals surface area contributed by atoms with Crippen molar-refractivity contribution in [1.29, 1.82) is 0 Å². The van der Waals surface area contributed by atoms with Crippen LogP contribution in [0.4, 0.5) is 5.13 Å². The first-order chi connectivity index (χ1) is 14.6. The Morgan fingerprint density at radius 3 is 2.73 bits per heavy atom. The molecule has 0 bridgehead atoms. The van der Waals surface area contributed by atoms with Crippen molar-refractivity contribution in [2.75, 3.05) is 11.9 Å². The lowest BCUT2D eigenvalue weighted by molar-refractivity contribution is 0.102. The van der Waals surface area contributed by atoms with Crippen molar-refractivity contribution in [2.24, 2.45) is 0 Å². The van der Waals surface area contributed by atoms with Crippen molar-refractivity contribution in [3.05, 3.63) is 65.3 Å². The first-order valence-electron chi connectivity index (χ1n) is 9.51. The first-order valence-corrected chi connectivity index (χ1v) is 11.1. The number of aryl methyl sites for hydroxylation is 1. The maximum atomic E-state index is 12.9. The second-order valence-electron chi connectivity index (χ2n) is 6.70. The Morgan fingerprint density at radius 1 is 1.13 bits per heavy atom. The Morgan fingerprint density at radius 2 is 1.97 bits per heavy atom. The summed E-state index contributed by atoms with van der Waals surface area (Å²) in [5, 5.41) is 3.50. The van der Waals surface area contributed by atoms with E-state index in [1.54, 1.807) is 0 Å². The van der Waals surface area contributed by atoms with Crippen LogP contribution in [0.1, 0.15) is 22.3 Å². The Balaban J connectivity index is 1.41. The van der Waals surface area contributed by atoms with Crippen LogP contribution in [-0.4, -0.2) is 26.9 Å². The van der Waals surface area contributed by atoms with Crippen molar-refractivity contribution in [1.82, 2.24) is 14.4 Å². The Hall–Kier alpha value is -3.23. The van der Waals surface area contributed by atoms with Gasteiger partial charge in [-0.15, -0.1) is 0 Å². The van der Waals surface area contributed by atoms with Gasteiger partial charge in [0.2, 0.25) is 0 Å². The van der Waals surface area contributed by atoms with Gasteiger partial charge in [0.05, 0.1) is 22.5 Å². The molecule has 0 saturated carbocycles. The van der Waals surface area contributed by atoms with Gasteiger partial charge in [-0.2, -0.15) is 0 Å². The SMILES string of the molecule is CCOc1ccc2nc(NC(=O)c3sc4nc(-c5ccccc5)cn4c3C)sc2c1. The normalized spacial score (nSPS) is 11.3. The van der Waals surface area contributed by atoms with Crippen LogP contribution in [0.3, 0.4) is 0 Å². The molecule has 30 heavy (non-hydrogen) atoms. The Kier molecular flexibility index (Phi) is 4.72. The lowest BCUT2D eigenvalue weighted by Gasteiger charge is -2.00. The summed E-state index contributed by atoms with van der Waals surface area (Å²) in [5.74, 6) is 0.629. The van der Waals surface area contributed by atoms with E-state index < -0.39 is 0 Å². The summed E-state index contributed by atoms with van der Waals surface area (Å²) in [5.41, 5.74) is 3.65. The third-order valence-electron chi connectivity index (χ3n) is 4.72. The van der Waals surface area contributed by atoms with Crippen LogP contribution >= 0.6 is 22.7 Å². The number of anilines is 1. The number of thiazole rings is 2. The number of carbonyl (C=O) groups is 1. The molecule has 2 aromatic carbocycles. The van der Waals surface area contributed by atoms with Gasteiger partial charge >= 0.3 is 0 Å². The molecule has 5 aromatic rings. The molecule has 0 aliphatic rings. The van der Waals surface area contributed by atoms with Crippen molar-refractivity contribution in [3.63, 3.8) is 0 Å². The highest BCUT2D eigenvalue weighted by Crippen LogP contribution is 2.31. The molecule has 0 atom stereocenters. The molecular weight excluding hydrogens is 416 g/mol. The second-order valence-corrected chi connectivity index (χ2v) is 8.71. The monoisotopic (exact) mass is 434 g/mol. The molecule has 0 unspecified atom stereocenters. The summed E-state index contributed by atoms with van der Waals surface area (Å²) in [6, 6.07) is 15.8. The lowest BCUT2D eigenvalue weighted by atomic mass is 10.2.